The van der Waals surface area contributed by atoms with E-state index in [1.54, 1.807) is 0 Å². The Bertz CT molecular complexity index is 421. The van der Waals surface area contributed by atoms with Gasteiger partial charge in [-0.05, 0) is 25.3 Å². The topological polar surface area (TPSA) is 72.4 Å². The highest BCUT2D eigenvalue weighted by Gasteiger charge is 2.32. The molecule has 4 N–H and O–H groups in total. The first kappa shape index (κ1) is 14.0. The fraction of sp³-hybridized carbons (Fsp3) is 0.533. The van der Waals surface area contributed by atoms with E-state index >= 15 is 0 Å². The second-order valence-electron chi connectivity index (χ2n) is 5.38. The summed E-state index contributed by atoms with van der Waals surface area (Å²) in [5, 5.41) is 0. The maximum absolute atomic E-state index is 11.4. The average molecular weight is 261 g/mol. The molecule has 3 unspecified atom stereocenters. The van der Waals surface area contributed by atoms with Gasteiger partial charge in [-0.25, -0.2) is 0 Å². The zero-order valence-electron chi connectivity index (χ0n) is 11.5. The van der Waals surface area contributed by atoms with Gasteiger partial charge in [0.25, 0.3) is 0 Å². The molecule has 1 saturated heterocycles. The molecule has 104 valence electrons. The molecule has 1 heterocycles. The highest BCUT2D eigenvalue weighted by molar-refractivity contribution is 5.77. The number of likely N-dealkylation sites (tertiary alicyclic amines) is 1. The van der Waals surface area contributed by atoms with Crippen LogP contribution in [0.1, 0.15) is 31.4 Å². The molecule has 1 aliphatic heterocycles. The lowest BCUT2D eigenvalue weighted by Crippen LogP contribution is -2.48. The quantitative estimate of drug-likeness (QED) is 0.857. The highest BCUT2D eigenvalue weighted by atomic mass is 16.1. The monoisotopic (exact) mass is 261 g/mol. The van der Waals surface area contributed by atoms with Crippen LogP contribution in [0.5, 0.6) is 0 Å². The number of nitrogens with two attached hydrogens (primary N) is 2. The van der Waals surface area contributed by atoms with Gasteiger partial charge < -0.3 is 11.5 Å². The number of hydrogen-bond acceptors (Lipinski definition) is 3. The van der Waals surface area contributed by atoms with Crippen LogP contribution in [0.4, 0.5) is 0 Å². The lowest BCUT2D eigenvalue weighted by Gasteiger charge is -2.42. The summed E-state index contributed by atoms with van der Waals surface area (Å²) in [7, 11) is 0. The Morgan fingerprint density at radius 2 is 2.05 bits per heavy atom. The first-order valence-corrected chi connectivity index (χ1v) is 6.93. The van der Waals surface area contributed by atoms with Gasteiger partial charge in [0.2, 0.25) is 5.91 Å². The van der Waals surface area contributed by atoms with Crippen molar-refractivity contribution in [3.05, 3.63) is 35.9 Å². The molecule has 4 heteroatoms. The van der Waals surface area contributed by atoms with Gasteiger partial charge in [-0.1, -0.05) is 30.3 Å². The number of hydrogen-bond donors (Lipinski definition) is 2. The van der Waals surface area contributed by atoms with Gasteiger partial charge in [-0.2, -0.15) is 0 Å². The van der Waals surface area contributed by atoms with E-state index in [9.17, 15) is 4.79 Å². The molecule has 0 saturated carbocycles. The Morgan fingerprint density at radius 1 is 1.37 bits per heavy atom. The van der Waals surface area contributed by atoms with E-state index in [2.05, 4.69) is 24.0 Å². The van der Waals surface area contributed by atoms with Crippen molar-refractivity contribution in [1.82, 2.24) is 4.90 Å². The standard InChI is InChI=1S/C15H23N3O/c1-11-7-8-13(15(17)19)10-18(11)14(9-16)12-5-3-2-4-6-12/h2-6,11,13-14H,7-10,16H2,1H3,(H2,17,19). The maximum atomic E-state index is 11.4. The zero-order valence-corrected chi connectivity index (χ0v) is 11.5. The zero-order chi connectivity index (χ0) is 13.8. The van der Waals surface area contributed by atoms with Gasteiger partial charge >= 0.3 is 0 Å². The second-order valence-corrected chi connectivity index (χ2v) is 5.38. The van der Waals surface area contributed by atoms with Crippen molar-refractivity contribution in [2.75, 3.05) is 13.1 Å². The molecule has 2 rings (SSSR count). The lowest BCUT2D eigenvalue weighted by atomic mass is 9.90. The summed E-state index contributed by atoms with van der Waals surface area (Å²) in [6.45, 7) is 3.47. The molecular formula is C15H23N3O. The van der Waals surface area contributed by atoms with Crippen LogP contribution >= 0.6 is 0 Å². The van der Waals surface area contributed by atoms with Crippen LogP contribution in [-0.2, 0) is 4.79 Å². The molecule has 0 aliphatic carbocycles. The molecule has 0 aromatic heterocycles. The van der Waals surface area contributed by atoms with Gasteiger partial charge in [-0.3, -0.25) is 9.69 Å². The summed E-state index contributed by atoms with van der Waals surface area (Å²) in [4.78, 5) is 13.7. The Kier molecular flexibility index (Phi) is 4.56. The summed E-state index contributed by atoms with van der Waals surface area (Å²) < 4.78 is 0. The summed E-state index contributed by atoms with van der Waals surface area (Å²) in [6, 6.07) is 10.8. The van der Waals surface area contributed by atoms with Gasteiger partial charge in [0.1, 0.15) is 0 Å². The summed E-state index contributed by atoms with van der Waals surface area (Å²) in [6.07, 6.45) is 1.88. The molecule has 1 aromatic carbocycles. The Balaban J connectivity index is 2.18. The van der Waals surface area contributed by atoms with Crippen LogP contribution in [-0.4, -0.2) is 29.9 Å². The second kappa shape index (κ2) is 6.17. The van der Waals surface area contributed by atoms with Crippen LogP contribution in [0.2, 0.25) is 0 Å². The van der Waals surface area contributed by atoms with E-state index in [0.717, 1.165) is 12.8 Å². The van der Waals surface area contributed by atoms with Crippen molar-refractivity contribution in [3.63, 3.8) is 0 Å². The largest absolute Gasteiger partial charge is 0.369 e. The highest BCUT2D eigenvalue weighted by Crippen LogP contribution is 2.30. The van der Waals surface area contributed by atoms with E-state index in [1.807, 2.05) is 18.2 Å². The molecule has 19 heavy (non-hydrogen) atoms. The molecule has 1 aliphatic rings. The number of benzene rings is 1. The van der Waals surface area contributed by atoms with Crippen LogP contribution in [0, 0.1) is 5.92 Å². The predicted octanol–water partition coefficient (Wildman–Crippen LogP) is 1.27. The van der Waals surface area contributed by atoms with Crippen LogP contribution in [0.15, 0.2) is 30.3 Å². The lowest BCUT2D eigenvalue weighted by molar-refractivity contribution is -0.124. The fourth-order valence-corrected chi connectivity index (χ4v) is 2.94. The van der Waals surface area contributed by atoms with Crippen molar-refractivity contribution in [1.29, 1.82) is 0 Å². The third kappa shape index (κ3) is 3.14. The van der Waals surface area contributed by atoms with E-state index in [1.165, 1.54) is 5.56 Å². The van der Waals surface area contributed by atoms with Crippen molar-refractivity contribution in [2.24, 2.45) is 17.4 Å². The number of carbonyl (C=O) groups is 1. The third-order valence-electron chi connectivity index (χ3n) is 4.14. The van der Waals surface area contributed by atoms with Gasteiger partial charge in [0, 0.05) is 25.2 Å². The normalized spacial score (nSPS) is 26.0. The summed E-state index contributed by atoms with van der Waals surface area (Å²) >= 11 is 0. The van der Waals surface area contributed by atoms with E-state index in [0.29, 0.717) is 19.1 Å². The van der Waals surface area contributed by atoms with Crippen LogP contribution in [0.3, 0.4) is 0 Å². The molecule has 1 amide bonds. The van der Waals surface area contributed by atoms with Gasteiger partial charge in [-0.15, -0.1) is 0 Å². The molecule has 3 atom stereocenters. The van der Waals surface area contributed by atoms with Crippen molar-refractivity contribution >= 4 is 5.91 Å². The van der Waals surface area contributed by atoms with E-state index in [-0.39, 0.29) is 17.9 Å². The first-order chi connectivity index (χ1) is 9.13. The van der Waals surface area contributed by atoms with Crippen LogP contribution < -0.4 is 11.5 Å². The van der Waals surface area contributed by atoms with Gasteiger partial charge in [0.05, 0.1) is 5.92 Å². The molecule has 0 spiro atoms. The fourth-order valence-electron chi connectivity index (χ4n) is 2.94. The van der Waals surface area contributed by atoms with Crippen molar-refractivity contribution in [2.45, 2.75) is 31.8 Å². The van der Waals surface area contributed by atoms with E-state index < -0.39 is 0 Å². The average Bonchev–Trinajstić information content (AvgIpc) is 2.42. The smallest absolute Gasteiger partial charge is 0.221 e. The van der Waals surface area contributed by atoms with E-state index in [4.69, 9.17) is 11.5 Å². The number of rotatable bonds is 4. The third-order valence-corrected chi connectivity index (χ3v) is 4.14. The number of carbonyl (C=O) groups excluding carboxylic acids is 1. The minimum Gasteiger partial charge on any atom is -0.369 e. The SMILES string of the molecule is CC1CCC(C(N)=O)CN1C(CN)c1ccccc1. The maximum Gasteiger partial charge on any atom is 0.221 e. The number of amides is 1. The first-order valence-electron chi connectivity index (χ1n) is 6.93. The minimum absolute atomic E-state index is 0.0473. The number of piperidine rings is 1. The molecule has 0 radical (unpaired) electrons. The van der Waals surface area contributed by atoms with Crippen molar-refractivity contribution < 1.29 is 4.79 Å². The Hall–Kier alpha value is -1.39. The van der Waals surface area contributed by atoms with Gasteiger partial charge in [0.15, 0.2) is 0 Å². The molecule has 1 fully saturated rings. The number of nitrogens with zero attached hydrogens (tertiary/aromatic N) is 1. The molecular weight excluding hydrogens is 238 g/mol. The minimum atomic E-state index is -0.194. The molecule has 4 nitrogen and oxygen atoms in total. The molecule has 1 aromatic rings. The van der Waals surface area contributed by atoms with Crippen LogP contribution in [0.25, 0.3) is 0 Å². The Morgan fingerprint density at radius 3 is 2.63 bits per heavy atom. The van der Waals surface area contributed by atoms with Crippen molar-refractivity contribution in [3.8, 4) is 0 Å². The molecule has 0 bridgehead atoms. The Labute approximate surface area is 114 Å². The predicted molar refractivity (Wildman–Crippen MR) is 76.3 cm³/mol. The summed E-state index contributed by atoms with van der Waals surface area (Å²) in [5.41, 5.74) is 12.6. The summed E-state index contributed by atoms with van der Waals surface area (Å²) in [5.74, 6) is -0.241. The number of primary amides is 1.